The van der Waals surface area contributed by atoms with Crippen LogP contribution in [0.4, 0.5) is 0 Å². The lowest BCUT2D eigenvalue weighted by Gasteiger charge is -2.12. The Labute approximate surface area is 120 Å². The number of carbonyl (C=O) groups excluding carboxylic acids is 1. The second-order valence-electron chi connectivity index (χ2n) is 4.58. The molecule has 1 atom stereocenters. The Morgan fingerprint density at radius 2 is 2.05 bits per heavy atom. The molecule has 1 amide bonds. The van der Waals surface area contributed by atoms with Gasteiger partial charge in [0.2, 0.25) is 0 Å². The van der Waals surface area contributed by atoms with Crippen molar-refractivity contribution in [3.8, 4) is 5.75 Å². The van der Waals surface area contributed by atoms with Gasteiger partial charge >= 0.3 is 5.97 Å². The van der Waals surface area contributed by atoms with Crippen molar-refractivity contribution in [1.29, 1.82) is 0 Å². The van der Waals surface area contributed by atoms with Crippen LogP contribution in [0.1, 0.15) is 32.5 Å². The molecule has 0 bridgehead atoms. The van der Waals surface area contributed by atoms with Gasteiger partial charge in [-0.25, -0.2) is 4.79 Å². The van der Waals surface area contributed by atoms with Crippen LogP contribution in [0.3, 0.4) is 0 Å². The third kappa shape index (κ3) is 2.43. The molecule has 106 valence electrons. The quantitative estimate of drug-likeness (QED) is 0.894. The summed E-state index contributed by atoms with van der Waals surface area (Å²) >= 11 is 0. The molecule has 0 aliphatic carbocycles. The number of carboxylic acid groups (broad SMARTS) is 1. The molecule has 0 fully saturated rings. The molecule has 1 unspecified atom stereocenters. The summed E-state index contributed by atoms with van der Waals surface area (Å²) < 4.78 is 5.47. The molecular formula is C15H12N2O4. The molecule has 1 aliphatic rings. The smallest absolute Gasteiger partial charge is 0.338 e. The number of nitrogens with one attached hydrogen (secondary N) is 1. The number of para-hydroxylation sites is 1. The number of hydrogen-bond donors (Lipinski definition) is 2. The van der Waals surface area contributed by atoms with Crippen LogP contribution < -0.4 is 10.1 Å². The Hall–Kier alpha value is -2.89. The van der Waals surface area contributed by atoms with E-state index in [1.54, 1.807) is 0 Å². The largest absolute Gasteiger partial charge is 0.491 e. The lowest BCUT2D eigenvalue weighted by Crippen LogP contribution is -2.31. The third-order valence-electron chi connectivity index (χ3n) is 3.26. The van der Waals surface area contributed by atoms with Gasteiger partial charge in [0.05, 0.1) is 11.6 Å². The van der Waals surface area contributed by atoms with E-state index >= 15 is 0 Å². The molecule has 0 spiro atoms. The van der Waals surface area contributed by atoms with Crippen molar-refractivity contribution in [2.24, 2.45) is 0 Å². The monoisotopic (exact) mass is 284 g/mol. The molecule has 0 saturated carbocycles. The minimum atomic E-state index is -1.18. The van der Waals surface area contributed by atoms with E-state index in [2.05, 4.69) is 10.3 Å². The van der Waals surface area contributed by atoms with Crippen LogP contribution in [0, 0.1) is 0 Å². The number of ether oxygens (including phenoxy) is 1. The highest BCUT2D eigenvalue weighted by atomic mass is 16.5. The molecular weight excluding hydrogens is 272 g/mol. The van der Waals surface area contributed by atoms with E-state index in [0.717, 1.165) is 11.3 Å². The average Bonchev–Trinajstić information content (AvgIpc) is 2.90. The number of nitrogens with zero attached hydrogens (tertiary/aromatic N) is 1. The van der Waals surface area contributed by atoms with Gasteiger partial charge in [-0.2, -0.15) is 0 Å². The Balaban J connectivity index is 1.84. The van der Waals surface area contributed by atoms with Crippen molar-refractivity contribution in [3.63, 3.8) is 0 Å². The van der Waals surface area contributed by atoms with Crippen LogP contribution in [0.25, 0.3) is 0 Å². The second-order valence-corrected chi connectivity index (χ2v) is 4.58. The van der Waals surface area contributed by atoms with Crippen LogP contribution in [-0.4, -0.2) is 28.6 Å². The number of hydrogen-bond acceptors (Lipinski definition) is 4. The van der Waals surface area contributed by atoms with Crippen LogP contribution >= 0.6 is 0 Å². The first-order valence-corrected chi connectivity index (χ1v) is 6.37. The lowest BCUT2D eigenvalue weighted by atomic mass is 10.1. The summed E-state index contributed by atoms with van der Waals surface area (Å²) in [5.74, 6) is -0.989. The summed E-state index contributed by atoms with van der Waals surface area (Å²) in [7, 11) is 0. The zero-order valence-corrected chi connectivity index (χ0v) is 10.9. The van der Waals surface area contributed by atoms with Gasteiger partial charge in [-0.05, 0) is 18.2 Å². The van der Waals surface area contributed by atoms with Crippen molar-refractivity contribution < 1.29 is 19.4 Å². The molecule has 1 aliphatic heterocycles. The van der Waals surface area contributed by atoms with Crippen LogP contribution in [-0.2, 0) is 0 Å². The van der Waals surface area contributed by atoms with E-state index in [1.165, 1.54) is 18.3 Å². The van der Waals surface area contributed by atoms with Crippen molar-refractivity contribution in [1.82, 2.24) is 10.3 Å². The molecule has 2 N–H and O–H groups in total. The fourth-order valence-electron chi connectivity index (χ4n) is 2.27. The Morgan fingerprint density at radius 3 is 2.86 bits per heavy atom. The van der Waals surface area contributed by atoms with Crippen molar-refractivity contribution in [2.45, 2.75) is 6.04 Å². The number of rotatable bonds is 3. The van der Waals surface area contributed by atoms with Crippen LogP contribution in [0.5, 0.6) is 5.75 Å². The van der Waals surface area contributed by atoms with E-state index < -0.39 is 11.9 Å². The zero-order valence-electron chi connectivity index (χ0n) is 10.9. The van der Waals surface area contributed by atoms with Gasteiger partial charge in [-0.15, -0.1) is 0 Å². The average molecular weight is 284 g/mol. The Morgan fingerprint density at radius 1 is 1.24 bits per heavy atom. The third-order valence-corrected chi connectivity index (χ3v) is 3.26. The number of benzene rings is 1. The predicted molar refractivity (Wildman–Crippen MR) is 73.3 cm³/mol. The van der Waals surface area contributed by atoms with E-state index in [4.69, 9.17) is 9.84 Å². The molecule has 0 radical (unpaired) electrons. The molecule has 6 nitrogen and oxygen atoms in total. The van der Waals surface area contributed by atoms with Crippen LogP contribution in [0.2, 0.25) is 0 Å². The van der Waals surface area contributed by atoms with Crippen molar-refractivity contribution in [3.05, 3.63) is 59.4 Å². The minimum absolute atomic E-state index is 0.102. The number of carboxylic acids is 1. The zero-order chi connectivity index (χ0) is 14.8. The number of pyridine rings is 1. The first-order chi connectivity index (χ1) is 10.2. The highest BCUT2D eigenvalue weighted by molar-refractivity contribution is 6.03. The summed E-state index contributed by atoms with van der Waals surface area (Å²) in [5.41, 5.74) is 0.648. The second kappa shape index (κ2) is 5.24. The number of fused-ring (bicyclic) bond motifs is 1. The maximum absolute atomic E-state index is 12.2. The van der Waals surface area contributed by atoms with Gasteiger partial charge in [-0.3, -0.25) is 9.78 Å². The topological polar surface area (TPSA) is 88.5 Å². The first-order valence-electron chi connectivity index (χ1n) is 6.37. The van der Waals surface area contributed by atoms with E-state index in [1.807, 2.05) is 24.3 Å². The molecule has 1 aromatic heterocycles. The van der Waals surface area contributed by atoms with E-state index in [0.29, 0.717) is 6.61 Å². The fraction of sp³-hybridized carbons (Fsp3) is 0.133. The number of aromatic nitrogens is 1. The van der Waals surface area contributed by atoms with Gasteiger partial charge < -0.3 is 15.2 Å². The van der Waals surface area contributed by atoms with Gasteiger partial charge in [0.1, 0.15) is 18.1 Å². The molecule has 1 aromatic carbocycles. The highest BCUT2D eigenvalue weighted by Crippen LogP contribution is 2.31. The first kappa shape index (κ1) is 13.1. The van der Waals surface area contributed by atoms with Crippen LogP contribution in [0.15, 0.2) is 42.6 Å². The molecule has 0 saturated heterocycles. The standard InChI is InChI=1S/C15H12N2O4/c18-14(13-10(15(19)20)5-3-7-16-13)17-11-8-21-12-6-2-1-4-9(11)12/h1-7,11H,8H2,(H,17,18)(H,19,20). The number of amides is 1. The molecule has 21 heavy (non-hydrogen) atoms. The molecule has 3 rings (SSSR count). The summed E-state index contributed by atoms with van der Waals surface area (Å²) in [5, 5.41) is 11.8. The lowest BCUT2D eigenvalue weighted by molar-refractivity contribution is 0.0689. The van der Waals surface area contributed by atoms with Gasteiger partial charge in [-0.1, -0.05) is 18.2 Å². The van der Waals surface area contributed by atoms with Gasteiger partial charge in [0.15, 0.2) is 0 Å². The molecule has 2 aromatic rings. The maximum atomic E-state index is 12.2. The molecule has 2 heterocycles. The van der Waals surface area contributed by atoms with E-state index in [9.17, 15) is 9.59 Å². The molecule has 6 heteroatoms. The summed E-state index contributed by atoms with van der Waals surface area (Å²) in [6.45, 7) is 0.320. The Bertz CT molecular complexity index is 714. The number of carbonyl (C=O) groups is 2. The maximum Gasteiger partial charge on any atom is 0.338 e. The fourth-order valence-corrected chi connectivity index (χ4v) is 2.27. The van der Waals surface area contributed by atoms with Gasteiger partial charge in [0.25, 0.3) is 5.91 Å². The summed E-state index contributed by atoms with van der Waals surface area (Å²) in [6, 6.07) is 9.92. The normalized spacial score (nSPS) is 15.9. The minimum Gasteiger partial charge on any atom is -0.491 e. The SMILES string of the molecule is O=C(O)c1cccnc1C(=O)NC1COc2ccccc21. The van der Waals surface area contributed by atoms with Gasteiger partial charge in [0, 0.05) is 11.8 Å². The van der Waals surface area contributed by atoms with Crippen molar-refractivity contribution >= 4 is 11.9 Å². The highest BCUT2D eigenvalue weighted by Gasteiger charge is 2.27. The van der Waals surface area contributed by atoms with Crippen molar-refractivity contribution in [2.75, 3.05) is 6.61 Å². The number of aromatic carboxylic acids is 1. The van der Waals surface area contributed by atoms with E-state index in [-0.39, 0.29) is 17.3 Å². The summed E-state index contributed by atoms with van der Waals surface area (Å²) in [6.07, 6.45) is 1.39. The summed E-state index contributed by atoms with van der Waals surface area (Å²) in [4.78, 5) is 27.2. The Kier molecular flexibility index (Phi) is 3.27. The predicted octanol–water partition coefficient (Wildman–Crippen LogP) is 1.64.